The van der Waals surface area contributed by atoms with E-state index >= 15 is 0 Å². The van der Waals surface area contributed by atoms with Crippen molar-refractivity contribution in [2.75, 3.05) is 26.4 Å². The fourth-order valence-corrected chi connectivity index (χ4v) is 7.15. The van der Waals surface area contributed by atoms with E-state index < -0.39 is 17.4 Å². The van der Waals surface area contributed by atoms with E-state index in [9.17, 15) is 9.59 Å². The maximum absolute atomic E-state index is 11.8. The molecule has 1 aliphatic rings. The third kappa shape index (κ3) is 6.14. The molecule has 0 bridgehead atoms. The number of esters is 2. The van der Waals surface area contributed by atoms with Crippen LogP contribution < -0.4 is 9.47 Å². The summed E-state index contributed by atoms with van der Waals surface area (Å²) in [6.07, 6.45) is 0. The van der Waals surface area contributed by atoms with Gasteiger partial charge >= 0.3 is 11.9 Å². The lowest BCUT2D eigenvalue weighted by Gasteiger charge is -2.36. The third-order valence-corrected chi connectivity index (χ3v) is 9.33. The van der Waals surface area contributed by atoms with Crippen LogP contribution in [0.3, 0.4) is 0 Å². The van der Waals surface area contributed by atoms with Gasteiger partial charge in [0, 0.05) is 11.1 Å². The minimum atomic E-state index is -0.648. The van der Waals surface area contributed by atoms with E-state index in [1.807, 2.05) is 24.3 Å². The van der Waals surface area contributed by atoms with Crippen LogP contribution in [0.4, 0.5) is 0 Å². The molecule has 0 heterocycles. The molecule has 7 rings (SSSR count). The molecule has 6 aromatic rings. The SMILES string of the molecule is C=C(C)C(=O)OCCOc1ccc2c(C3(c4cccc5cc(OCCOC(=O)C(=C)C)ccc45)c4ccccc4-c4ccccc43)cccc2c1. The first-order chi connectivity index (χ1) is 24.8. The van der Waals surface area contributed by atoms with Crippen molar-refractivity contribution in [3.05, 3.63) is 168 Å². The predicted molar refractivity (Wildman–Crippen MR) is 201 cm³/mol. The molecule has 0 fully saturated rings. The number of rotatable bonds is 12. The monoisotopic (exact) mass is 674 g/mol. The van der Waals surface area contributed by atoms with Crippen molar-refractivity contribution < 1.29 is 28.5 Å². The zero-order valence-corrected chi connectivity index (χ0v) is 28.7. The van der Waals surface area contributed by atoms with Gasteiger partial charge in [0.1, 0.15) is 37.9 Å². The maximum Gasteiger partial charge on any atom is 0.333 e. The van der Waals surface area contributed by atoms with E-state index in [4.69, 9.17) is 18.9 Å². The van der Waals surface area contributed by atoms with E-state index in [-0.39, 0.29) is 26.4 Å². The number of carbonyl (C=O) groups is 2. The summed E-state index contributed by atoms with van der Waals surface area (Å²) in [4.78, 5) is 23.6. The average Bonchev–Trinajstić information content (AvgIpc) is 3.45. The van der Waals surface area contributed by atoms with E-state index in [0.29, 0.717) is 22.6 Å². The minimum Gasteiger partial charge on any atom is -0.490 e. The van der Waals surface area contributed by atoms with Crippen LogP contribution in [0.1, 0.15) is 36.1 Å². The summed E-state index contributed by atoms with van der Waals surface area (Å²) in [7, 11) is 0. The minimum absolute atomic E-state index is 0.136. The third-order valence-electron chi connectivity index (χ3n) is 9.33. The molecule has 6 heteroatoms. The van der Waals surface area contributed by atoms with Gasteiger partial charge in [0.2, 0.25) is 0 Å². The van der Waals surface area contributed by atoms with Crippen molar-refractivity contribution in [1.82, 2.24) is 0 Å². The fourth-order valence-electron chi connectivity index (χ4n) is 7.15. The Kier molecular flexibility index (Phi) is 9.16. The van der Waals surface area contributed by atoms with Gasteiger partial charge in [-0.05, 0) is 93.0 Å². The first kappa shape index (κ1) is 33.4. The van der Waals surface area contributed by atoms with Crippen molar-refractivity contribution in [3.63, 3.8) is 0 Å². The highest BCUT2D eigenvalue weighted by atomic mass is 16.6. The molecule has 0 aliphatic heterocycles. The first-order valence-electron chi connectivity index (χ1n) is 17.0. The summed E-state index contributed by atoms with van der Waals surface area (Å²) >= 11 is 0. The molecular weight excluding hydrogens is 636 g/mol. The topological polar surface area (TPSA) is 71.1 Å². The Labute approximate surface area is 297 Å². The molecule has 0 unspecified atom stereocenters. The van der Waals surface area contributed by atoms with Crippen molar-refractivity contribution in [2.45, 2.75) is 19.3 Å². The molecule has 0 spiro atoms. The van der Waals surface area contributed by atoms with Gasteiger partial charge in [-0.15, -0.1) is 0 Å². The lowest BCUT2D eigenvalue weighted by Crippen LogP contribution is -2.29. The van der Waals surface area contributed by atoms with Gasteiger partial charge in [-0.3, -0.25) is 0 Å². The molecule has 0 saturated heterocycles. The Morgan fingerprint density at radius 2 is 0.922 bits per heavy atom. The van der Waals surface area contributed by atoms with Crippen LogP contribution in [0.5, 0.6) is 11.5 Å². The normalized spacial score (nSPS) is 12.5. The Balaban J connectivity index is 1.33. The van der Waals surface area contributed by atoms with Crippen LogP contribution in [0, 0.1) is 0 Å². The van der Waals surface area contributed by atoms with Crippen molar-refractivity contribution in [1.29, 1.82) is 0 Å². The number of hydrogen-bond acceptors (Lipinski definition) is 6. The molecule has 0 radical (unpaired) electrons. The summed E-state index contributed by atoms with van der Waals surface area (Å²) in [5.41, 5.74) is 7.22. The Morgan fingerprint density at radius 1 is 0.510 bits per heavy atom. The van der Waals surface area contributed by atoms with Gasteiger partial charge in [0.25, 0.3) is 0 Å². The highest BCUT2D eigenvalue weighted by molar-refractivity contribution is 5.99. The highest BCUT2D eigenvalue weighted by Gasteiger charge is 2.47. The molecule has 0 amide bonds. The molecule has 0 aromatic heterocycles. The molecule has 254 valence electrons. The van der Waals surface area contributed by atoms with Crippen LogP contribution >= 0.6 is 0 Å². The summed E-state index contributed by atoms with van der Waals surface area (Å²) in [6, 6.07) is 42.6. The standard InChI is InChI=1S/C45H38O6/c1-29(2)43(46)50-25-23-48-33-19-21-35-31(27-33)11-9-17-39(35)45(41-15-7-5-13-37(41)38-14-6-8-16-42(38)45)40-18-10-12-32-28-34(20-22-36(32)40)49-24-26-51-44(47)30(3)4/h5-22,27-28H,1,3,23-26H2,2,4H3. The second kappa shape index (κ2) is 14.0. The first-order valence-corrected chi connectivity index (χ1v) is 17.0. The highest BCUT2D eigenvalue weighted by Crippen LogP contribution is 2.58. The Hall–Kier alpha value is -6.14. The molecule has 1 aliphatic carbocycles. The number of ether oxygens (including phenoxy) is 4. The van der Waals surface area contributed by atoms with Crippen LogP contribution in [0.2, 0.25) is 0 Å². The second-order valence-electron chi connectivity index (χ2n) is 12.7. The van der Waals surface area contributed by atoms with Crippen LogP contribution in [-0.4, -0.2) is 38.4 Å². The number of carbonyl (C=O) groups excluding carboxylic acids is 2. The average molecular weight is 675 g/mol. The van der Waals surface area contributed by atoms with Crippen LogP contribution in [0.15, 0.2) is 146 Å². The molecule has 0 atom stereocenters. The molecule has 51 heavy (non-hydrogen) atoms. The van der Waals surface area contributed by atoms with E-state index in [1.165, 1.54) is 22.3 Å². The van der Waals surface area contributed by atoms with Crippen molar-refractivity contribution >= 4 is 33.5 Å². The van der Waals surface area contributed by atoms with Gasteiger partial charge in [0.05, 0.1) is 5.41 Å². The summed E-state index contributed by atoms with van der Waals surface area (Å²) < 4.78 is 22.5. The van der Waals surface area contributed by atoms with Crippen LogP contribution in [-0.2, 0) is 24.5 Å². The van der Waals surface area contributed by atoms with Gasteiger partial charge in [0.15, 0.2) is 0 Å². The predicted octanol–water partition coefficient (Wildman–Crippen LogP) is 9.35. The van der Waals surface area contributed by atoms with Gasteiger partial charge in [-0.25, -0.2) is 9.59 Å². The second-order valence-corrected chi connectivity index (χ2v) is 12.7. The number of fused-ring (bicyclic) bond motifs is 5. The quantitative estimate of drug-likeness (QED) is 0.0731. The maximum atomic E-state index is 11.8. The van der Waals surface area contributed by atoms with E-state index in [1.54, 1.807) is 13.8 Å². The smallest absolute Gasteiger partial charge is 0.333 e. The summed E-state index contributed by atoms with van der Waals surface area (Å²) in [6.45, 7) is 11.2. The Morgan fingerprint density at radius 3 is 1.35 bits per heavy atom. The Bertz CT molecular complexity index is 2170. The lowest BCUT2D eigenvalue weighted by atomic mass is 9.65. The summed E-state index contributed by atoms with van der Waals surface area (Å²) in [5.74, 6) is 0.532. The van der Waals surface area contributed by atoms with E-state index in [2.05, 4.69) is 110 Å². The fraction of sp³-hybridized carbons (Fsp3) is 0.156. The van der Waals surface area contributed by atoms with Crippen molar-refractivity contribution in [2.24, 2.45) is 0 Å². The van der Waals surface area contributed by atoms with Crippen molar-refractivity contribution in [3.8, 4) is 22.6 Å². The molecule has 6 nitrogen and oxygen atoms in total. The zero-order chi connectivity index (χ0) is 35.5. The molecule has 0 N–H and O–H groups in total. The summed E-state index contributed by atoms with van der Waals surface area (Å²) in [5, 5.41) is 4.28. The molecule has 0 saturated carbocycles. The number of benzene rings is 6. The zero-order valence-electron chi connectivity index (χ0n) is 28.7. The lowest BCUT2D eigenvalue weighted by molar-refractivity contribution is -0.140. The van der Waals surface area contributed by atoms with Gasteiger partial charge in [-0.2, -0.15) is 0 Å². The van der Waals surface area contributed by atoms with Gasteiger partial charge < -0.3 is 18.9 Å². The van der Waals surface area contributed by atoms with E-state index in [0.717, 1.165) is 32.7 Å². The number of hydrogen-bond donors (Lipinski definition) is 0. The van der Waals surface area contributed by atoms with Gasteiger partial charge in [-0.1, -0.05) is 110 Å². The largest absolute Gasteiger partial charge is 0.490 e. The molecular formula is C45H38O6. The molecule has 6 aromatic carbocycles. The van der Waals surface area contributed by atoms with Crippen LogP contribution in [0.25, 0.3) is 32.7 Å².